The molecule has 0 nitrogen and oxygen atoms in total. The van der Waals surface area contributed by atoms with Gasteiger partial charge in [-0.1, -0.05) is 148 Å². The van der Waals surface area contributed by atoms with Crippen molar-refractivity contribution in [3.05, 3.63) is 0 Å². The normalized spacial score (nSPS) is 12.1. The topological polar surface area (TPSA) is 0 Å². The van der Waals surface area contributed by atoms with E-state index >= 15 is 0 Å². The maximum atomic E-state index is 3.03. The van der Waals surface area contributed by atoms with Crippen molar-refractivity contribution in [1.82, 2.24) is 0 Å². The van der Waals surface area contributed by atoms with Gasteiger partial charge in [-0.2, -0.15) is 0 Å². The van der Waals surface area contributed by atoms with Crippen LogP contribution in [0.3, 0.4) is 0 Å². The van der Waals surface area contributed by atoms with Crippen LogP contribution in [0.25, 0.3) is 0 Å². The first-order valence-corrected chi connectivity index (χ1v) is 22.8. The van der Waals surface area contributed by atoms with E-state index in [9.17, 15) is 0 Å². The molecule has 0 fully saturated rings. The van der Waals surface area contributed by atoms with E-state index in [2.05, 4.69) is 153 Å². The second-order valence-electron chi connectivity index (χ2n) is 11.2. The summed E-state index contributed by atoms with van der Waals surface area (Å²) in [6.07, 6.45) is 0. The van der Waals surface area contributed by atoms with Crippen molar-refractivity contribution in [2.45, 2.75) is 176 Å². The molecule has 0 saturated heterocycles. The van der Waals surface area contributed by atoms with Crippen LogP contribution in [-0.2, 0) is 11.1 Å². The van der Waals surface area contributed by atoms with E-state index in [0.717, 1.165) is 62.0 Å². The zero-order valence-corrected chi connectivity index (χ0v) is 32.5. The molecular weight excluding hydrogens is 636 g/mol. The summed E-state index contributed by atoms with van der Waals surface area (Å²) in [6.45, 7) is 42.4. The molecule has 0 aliphatic heterocycles. The van der Waals surface area contributed by atoms with Crippen molar-refractivity contribution >= 4 is 52.1 Å². The molecule has 0 rings (SSSR count). The van der Waals surface area contributed by atoms with Crippen molar-refractivity contribution in [2.24, 2.45) is 0 Å². The van der Waals surface area contributed by atoms with Crippen molar-refractivity contribution < 1.29 is 11.1 Å². The first-order chi connectivity index (χ1) is 14.8. The molecule has 0 radical (unpaired) electrons. The van der Waals surface area contributed by atoms with Gasteiger partial charge >= 0.3 is 39.5 Å². The predicted molar refractivity (Wildman–Crippen MR) is 175 cm³/mol. The van der Waals surface area contributed by atoms with Crippen molar-refractivity contribution in [2.75, 3.05) is 0 Å². The molecule has 0 aliphatic rings. The fourth-order valence-corrected chi connectivity index (χ4v) is 16.1. The van der Waals surface area contributed by atoms with E-state index < -0.39 is 0 Å². The Kier molecular flexibility index (Phi) is 32.5. The van der Waals surface area contributed by atoms with E-state index in [1.807, 2.05) is 0 Å². The van der Waals surface area contributed by atoms with Gasteiger partial charge in [-0.15, -0.1) is 0 Å². The Hall–Kier alpha value is 2.76. The van der Waals surface area contributed by atoms with Gasteiger partial charge in [0.05, 0.1) is 0 Å². The van der Waals surface area contributed by atoms with Gasteiger partial charge in [0.2, 0.25) is 0 Å². The van der Waals surface area contributed by atoms with Crippen molar-refractivity contribution in [1.29, 1.82) is 0 Å². The minimum atomic E-state index is 0.262. The SMILES string of the molecule is CC(C)P(C(C)C)C(C)C.CC(C)P(C(C)C)C(C)C.CC(C)P(C(C)C)C(C)C.[Br][Co][Br]. The van der Waals surface area contributed by atoms with Gasteiger partial charge in [-0.25, -0.2) is 0 Å². The average molecular weight is 699 g/mol. The summed E-state index contributed by atoms with van der Waals surface area (Å²) in [6, 6.07) is 0. The van der Waals surface area contributed by atoms with Gasteiger partial charge in [0, 0.05) is 0 Å². The zero-order chi connectivity index (χ0) is 27.6. The Morgan fingerprint density at radius 1 is 0.303 bits per heavy atom. The molecule has 6 heteroatoms. The van der Waals surface area contributed by atoms with Crippen LogP contribution < -0.4 is 0 Å². The third-order valence-electron chi connectivity index (χ3n) is 5.37. The molecular formula is C27H63Br2CoP3. The Labute approximate surface area is 237 Å². The maximum absolute atomic E-state index is 3.03. The second-order valence-corrected chi connectivity index (χ2v) is 28.5. The van der Waals surface area contributed by atoms with Crippen LogP contribution in [0.2, 0.25) is 0 Å². The molecule has 209 valence electrons. The summed E-state index contributed by atoms with van der Waals surface area (Å²) >= 11 is 7.12. The fourth-order valence-electron chi connectivity index (χ4n) is 5.37. The summed E-state index contributed by atoms with van der Waals surface area (Å²) in [7, 11) is 0.787. The first-order valence-electron chi connectivity index (χ1n) is 13.0. The molecule has 0 aromatic heterocycles. The average Bonchev–Trinajstić information content (AvgIpc) is 2.52. The van der Waals surface area contributed by atoms with E-state index in [1.54, 1.807) is 0 Å². The molecule has 0 aromatic carbocycles. The van der Waals surface area contributed by atoms with Gasteiger partial charge in [-0.3, -0.25) is 0 Å². The van der Waals surface area contributed by atoms with Gasteiger partial charge in [0.1, 0.15) is 0 Å². The third-order valence-corrected chi connectivity index (χ3v) is 16.1. The van der Waals surface area contributed by atoms with Crippen molar-refractivity contribution in [3.63, 3.8) is 0 Å². The Morgan fingerprint density at radius 3 is 0.364 bits per heavy atom. The Morgan fingerprint density at radius 2 is 0.364 bits per heavy atom. The van der Waals surface area contributed by atoms with Gasteiger partial charge in [0.25, 0.3) is 0 Å². The summed E-state index contributed by atoms with van der Waals surface area (Å²) in [4.78, 5) is 0. The van der Waals surface area contributed by atoms with E-state index in [4.69, 9.17) is 0 Å². The number of halogens is 2. The van der Waals surface area contributed by atoms with E-state index in [1.165, 1.54) is 0 Å². The summed E-state index contributed by atoms with van der Waals surface area (Å²) in [5.41, 5.74) is 8.08. The monoisotopic (exact) mass is 697 g/mol. The fraction of sp³-hybridized carbons (Fsp3) is 1.00. The van der Waals surface area contributed by atoms with Crippen molar-refractivity contribution in [3.8, 4) is 0 Å². The van der Waals surface area contributed by atoms with Gasteiger partial charge < -0.3 is 0 Å². The van der Waals surface area contributed by atoms with Crippen LogP contribution in [0, 0.1) is 0 Å². The van der Waals surface area contributed by atoms with Gasteiger partial charge in [0.15, 0.2) is 0 Å². The molecule has 0 heterocycles. The Balaban J connectivity index is -0.000000180. The molecule has 0 spiro atoms. The van der Waals surface area contributed by atoms with E-state index in [0.29, 0.717) is 0 Å². The zero-order valence-electron chi connectivity index (χ0n) is 25.6. The minimum absolute atomic E-state index is 0.262. The molecule has 0 amide bonds. The molecule has 0 bridgehead atoms. The summed E-state index contributed by atoms with van der Waals surface area (Å²) < 4.78 is 0. The predicted octanol–water partition coefficient (Wildman–Crippen LogP) is 12.8. The molecule has 0 saturated carbocycles. The molecule has 0 aliphatic carbocycles. The third kappa shape index (κ3) is 24.8. The molecule has 0 atom stereocenters. The number of rotatable bonds is 9. The summed E-state index contributed by atoms with van der Waals surface area (Å²) in [5, 5.41) is 0. The van der Waals surface area contributed by atoms with Gasteiger partial charge in [-0.05, 0) is 50.9 Å². The second kappa shape index (κ2) is 25.1. The van der Waals surface area contributed by atoms with Crippen LogP contribution in [-0.4, -0.2) is 50.9 Å². The van der Waals surface area contributed by atoms with Crippen LogP contribution in [0.15, 0.2) is 0 Å². The van der Waals surface area contributed by atoms with Crippen LogP contribution in [0.1, 0.15) is 125 Å². The number of hydrogen-bond acceptors (Lipinski definition) is 0. The quantitative estimate of drug-likeness (QED) is 0.210. The standard InChI is InChI=1S/3C9H21P.2BrH.Co/c3*1-7(2)10(8(3)4)9(5)6;;;/h3*7-9H,1-6H3;2*1H;/q;;;;;+2/p-2. The van der Waals surface area contributed by atoms with E-state index in [-0.39, 0.29) is 23.8 Å². The van der Waals surface area contributed by atoms with Crippen LogP contribution in [0.5, 0.6) is 0 Å². The van der Waals surface area contributed by atoms with Crippen LogP contribution in [0.4, 0.5) is 0 Å². The number of hydrogen-bond donors (Lipinski definition) is 0. The Bertz CT molecular complexity index is 285. The molecule has 0 unspecified atom stereocenters. The molecule has 0 aromatic rings. The first kappa shape index (κ1) is 42.8. The van der Waals surface area contributed by atoms with Crippen LogP contribution >= 0.6 is 52.1 Å². The molecule has 0 N–H and O–H groups in total. The summed E-state index contributed by atoms with van der Waals surface area (Å²) in [5.74, 6) is 0. The molecule has 33 heavy (non-hydrogen) atoms.